The third kappa shape index (κ3) is 2.10. The first-order valence-electron chi connectivity index (χ1n) is 4.56. The molecule has 0 radical (unpaired) electrons. The van der Waals surface area contributed by atoms with E-state index in [2.05, 4.69) is 4.98 Å². The van der Waals surface area contributed by atoms with Gasteiger partial charge in [0.05, 0.1) is 12.8 Å². The lowest BCUT2D eigenvalue weighted by atomic mass is 10.1. The average molecular weight is 220 g/mol. The van der Waals surface area contributed by atoms with Gasteiger partial charge in [0.1, 0.15) is 5.75 Å². The zero-order chi connectivity index (χ0) is 10.7. The average Bonchev–Trinajstić information content (AvgIpc) is 2.30. The number of aromatic nitrogens is 1. The van der Waals surface area contributed by atoms with Crippen LogP contribution in [0.1, 0.15) is 0 Å². The largest absolute Gasteiger partial charge is 0.497 e. The van der Waals surface area contributed by atoms with Gasteiger partial charge in [-0.15, -0.1) is 0 Å². The molecule has 15 heavy (non-hydrogen) atoms. The molecule has 0 spiro atoms. The number of pyridine rings is 1. The van der Waals surface area contributed by atoms with Gasteiger partial charge in [-0.3, -0.25) is 4.98 Å². The predicted octanol–water partition coefficient (Wildman–Crippen LogP) is 3.41. The molecule has 0 N–H and O–H groups in total. The molecule has 0 saturated heterocycles. The summed E-state index contributed by atoms with van der Waals surface area (Å²) in [7, 11) is 1.63. The molecule has 2 rings (SSSR count). The van der Waals surface area contributed by atoms with Crippen LogP contribution >= 0.6 is 11.6 Å². The zero-order valence-electron chi connectivity index (χ0n) is 8.27. The second-order valence-electron chi connectivity index (χ2n) is 3.06. The van der Waals surface area contributed by atoms with E-state index in [9.17, 15) is 0 Å². The third-order valence-corrected chi connectivity index (χ3v) is 2.45. The number of nitrogens with zero attached hydrogens (tertiary/aromatic N) is 1. The van der Waals surface area contributed by atoms with Gasteiger partial charge in [-0.05, 0) is 12.1 Å². The standard InChI is InChI=1S/C12H10ClNO/c1-15-9-6-7-14-12(8-9)10-4-2-3-5-11(10)13/h2-8H,1H3. The minimum atomic E-state index is 0.693. The number of hydrogen-bond donors (Lipinski definition) is 0. The zero-order valence-corrected chi connectivity index (χ0v) is 9.03. The van der Waals surface area contributed by atoms with Crippen LogP contribution in [0.25, 0.3) is 11.3 Å². The summed E-state index contributed by atoms with van der Waals surface area (Å²) >= 11 is 6.07. The molecule has 0 aliphatic heterocycles. The summed E-state index contributed by atoms with van der Waals surface area (Å²) in [4.78, 5) is 4.25. The van der Waals surface area contributed by atoms with Crippen molar-refractivity contribution in [3.05, 3.63) is 47.6 Å². The third-order valence-electron chi connectivity index (χ3n) is 2.12. The van der Waals surface area contributed by atoms with E-state index in [1.807, 2.05) is 30.3 Å². The van der Waals surface area contributed by atoms with Crippen LogP contribution in [-0.2, 0) is 0 Å². The summed E-state index contributed by atoms with van der Waals surface area (Å²) in [5.41, 5.74) is 1.73. The molecule has 0 fully saturated rings. The number of halogens is 1. The van der Waals surface area contributed by atoms with Crippen LogP contribution < -0.4 is 4.74 Å². The van der Waals surface area contributed by atoms with Gasteiger partial charge in [-0.25, -0.2) is 0 Å². The van der Waals surface area contributed by atoms with E-state index >= 15 is 0 Å². The Labute approximate surface area is 93.5 Å². The van der Waals surface area contributed by atoms with Crippen molar-refractivity contribution in [2.75, 3.05) is 7.11 Å². The summed E-state index contributed by atoms with van der Waals surface area (Å²) in [6.45, 7) is 0. The van der Waals surface area contributed by atoms with Crippen molar-refractivity contribution in [3.63, 3.8) is 0 Å². The Morgan fingerprint density at radius 2 is 2.00 bits per heavy atom. The van der Waals surface area contributed by atoms with Crippen molar-refractivity contribution in [1.82, 2.24) is 4.98 Å². The van der Waals surface area contributed by atoms with Crippen molar-refractivity contribution in [2.24, 2.45) is 0 Å². The molecular weight excluding hydrogens is 210 g/mol. The van der Waals surface area contributed by atoms with Crippen molar-refractivity contribution in [2.45, 2.75) is 0 Å². The summed E-state index contributed by atoms with van der Waals surface area (Å²) in [6, 6.07) is 11.3. The van der Waals surface area contributed by atoms with Crippen molar-refractivity contribution < 1.29 is 4.74 Å². The van der Waals surface area contributed by atoms with E-state index in [-0.39, 0.29) is 0 Å². The fourth-order valence-electron chi connectivity index (χ4n) is 1.35. The van der Waals surface area contributed by atoms with Gasteiger partial charge in [-0.1, -0.05) is 29.8 Å². The molecule has 0 saturated carbocycles. The van der Waals surface area contributed by atoms with Gasteiger partial charge < -0.3 is 4.74 Å². The Kier molecular flexibility index (Phi) is 2.88. The van der Waals surface area contributed by atoms with Crippen LogP contribution in [0.2, 0.25) is 5.02 Å². The molecule has 0 atom stereocenters. The van der Waals surface area contributed by atoms with E-state index in [4.69, 9.17) is 16.3 Å². The molecule has 76 valence electrons. The van der Waals surface area contributed by atoms with Crippen LogP contribution in [0.4, 0.5) is 0 Å². The Morgan fingerprint density at radius 1 is 1.20 bits per heavy atom. The van der Waals surface area contributed by atoms with E-state index in [0.29, 0.717) is 5.02 Å². The number of ether oxygens (including phenoxy) is 1. The van der Waals surface area contributed by atoms with Gasteiger partial charge in [-0.2, -0.15) is 0 Å². The molecule has 3 heteroatoms. The highest BCUT2D eigenvalue weighted by Crippen LogP contribution is 2.27. The fourth-order valence-corrected chi connectivity index (χ4v) is 1.59. The van der Waals surface area contributed by atoms with Gasteiger partial charge in [0.25, 0.3) is 0 Å². The van der Waals surface area contributed by atoms with Crippen LogP contribution in [0.3, 0.4) is 0 Å². The molecule has 1 aromatic heterocycles. The first kappa shape index (κ1) is 9.99. The van der Waals surface area contributed by atoms with E-state index < -0.39 is 0 Å². The maximum Gasteiger partial charge on any atom is 0.122 e. The van der Waals surface area contributed by atoms with Crippen LogP contribution in [0, 0.1) is 0 Å². The molecule has 0 aliphatic rings. The number of benzene rings is 1. The lowest BCUT2D eigenvalue weighted by molar-refractivity contribution is 0.414. The second-order valence-corrected chi connectivity index (χ2v) is 3.47. The summed E-state index contributed by atoms with van der Waals surface area (Å²) < 4.78 is 5.13. The number of hydrogen-bond acceptors (Lipinski definition) is 2. The molecule has 0 unspecified atom stereocenters. The van der Waals surface area contributed by atoms with E-state index in [0.717, 1.165) is 17.0 Å². The normalized spacial score (nSPS) is 10.0. The predicted molar refractivity (Wildman–Crippen MR) is 61.2 cm³/mol. The first-order valence-corrected chi connectivity index (χ1v) is 4.94. The minimum Gasteiger partial charge on any atom is -0.497 e. The monoisotopic (exact) mass is 219 g/mol. The molecule has 0 amide bonds. The number of methoxy groups -OCH3 is 1. The summed E-state index contributed by atoms with van der Waals surface area (Å²) in [6.07, 6.45) is 1.71. The maximum atomic E-state index is 6.07. The van der Waals surface area contributed by atoms with Gasteiger partial charge in [0.2, 0.25) is 0 Å². The highest BCUT2D eigenvalue weighted by molar-refractivity contribution is 6.33. The highest BCUT2D eigenvalue weighted by atomic mass is 35.5. The van der Waals surface area contributed by atoms with Crippen molar-refractivity contribution in [3.8, 4) is 17.0 Å². The second kappa shape index (κ2) is 4.32. The topological polar surface area (TPSA) is 22.1 Å². The highest BCUT2D eigenvalue weighted by Gasteiger charge is 2.04. The fraction of sp³-hybridized carbons (Fsp3) is 0.0833. The van der Waals surface area contributed by atoms with Crippen LogP contribution in [0.5, 0.6) is 5.75 Å². The summed E-state index contributed by atoms with van der Waals surface area (Å²) in [5, 5.41) is 0.693. The minimum absolute atomic E-state index is 0.693. The van der Waals surface area contributed by atoms with Crippen molar-refractivity contribution in [1.29, 1.82) is 0 Å². The Morgan fingerprint density at radius 3 is 2.73 bits per heavy atom. The Balaban J connectivity index is 2.49. The maximum absolute atomic E-state index is 6.07. The SMILES string of the molecule is COc1ccnc(-c2ccccc2Cl)c1. The number of rotatable bonds is 2. The molecule has 2 aromatic rings. The molecule has 2 nitrogen and oxygen atoms in total. The molecule has 1 aromatic carbocycles. The molecule has 1 heterocycles. The lowest BCUT2D eigenvalue weighted by Crippen LogP contribution is -1.87. The Bertz CT molecular complexity index is 471. The molecule has 0 bridgehead atoms. The van der Waals surface area contributed by atoms with Crippen LogP contribution in [-0.4, -0.2) is 12.1 Å². The van der Waals surface area contributed by atoms with Gasteiger partial charge >= 0.3 is 0 Å². The quantitative estimate of drug-likeness (QED) is 0.772. The molecular formula is C12H10ClNO. The lowest BCUT2D eigenvalue weighted by Gasteiger charge is -2.05. The summed E-state index contributed by atoms with van der Waals surface area (Å²) in [5.74, 6) is 0.778. The van der Waals surface area contributed by atoms with Crippen LogP contribution in [0.15, 0.2) is 42.6 Å². The van der Waals surface area contributed by atoms with Gasteiger partial charge in [0, 0.05) is 22.8 Å². The van der Waals surface area contributed by atoms with Gasteiger partial charge in [0.15, 0.2) is 0 Å². The first-order chi connectivity index (χ1) is 7.31. The van der Waals surface area contributed by atoms with E-state index in [1.165, 1.54) is 0 Å². The van der Waals surface area contributed by atoms with Crippen molar-refractivity contribution >= 4 is 11.6 Å². The Hall–Kier alpha value is -1.54. The van der Waals surface area contributed by atoms with E-state index in [1.54, 1.807) is 19.4 Å². The smallest absolute Gasteiger partial charge is 0.122 e. The molecule has 0 aliphatic carbocycles.